The van der Waals surface area contributed by atoms with Crippen LogP contribution in [0.4, 0.5) is 13.2 Å². The molecule has 1 aromatic carbocycles. The van der Waals surface area contributed by atoms with Gasteiger partial charge in [-0.05, 0) is 67.7 Å². The molecule has 0 bridgehead atoms. The lowest BCUT2D eigenvalue weighted by atomic mass is 9.79. The number of amides is 1. The molecule has 5 rings (SSSR count). The van der Waals surface area contributed by atoms with Crippen molar-refractivity contribution in [3.05, 3.63) is 53.1 Å². The fourth-order valence-electron chi connectivity index (χ4n) is 4.79. The first-order chi connectivity index (χ1) is 15.8. The molecule has 6 nitrogen and oxygen atoms in total. The number of nitrogens with zero attached hydrogens (tertiary/aromatic N) is 3. The fraction of sp³-hybridized carbons (Fsp3) is 0.542. The molecule has 3 aliphatic rings. The molecule has 0 unspecified atom stereocenters. The first kappa shape index (κ1) is 22.1. The third-order valence-corrected chi connectivity index (χ3v) is 6.78. The summed E-state index contributed by atoms with van der Waals surface area (Å²) in [4.78, 5) is 23.5. The Labute approximate surface area is 190 Å². The Kier molecular flexibility index (Phi) is 5.76. The van der Waals surface area contributed by atoms with Crippen molar-refractivity contribution in [3.63, 3.8) is 0 Å². The molecule has 1 spiro atoms. The van der Waals surface area contributed by atoms with Gasteiger partial charge in [0.05, 0.1) is 17.7 Å². The number of hydrogen-bond acceptors (Lipinski definition) is 5. The number of aryl methyl sites for hydroxylation is 2. The standard InChI is InChI=1S/C24H26F3N3O3/c25-24(26,27)33-20-11-16(10-18(12-20)17-3-4-17)2-5-21-28-13-19(14-29-21)22(31)30-8-7-23(30)6-1-9-32-15-23/h10-14,17H,1-9,15H2/t23-/m1/s1. The van der Waals surface area contributed by atoms with E-state index in [1.165, 1.54) is 12.1 Å². The van der Waals surface area contributed by atoms with Crippen LogP contribution in [0.25, 0.3) is 0 Å². The van der Waals surface area contributed by atoms with Crippen LogP contribution in [0.2, 0.25) is 0 Å². The largest absolute Gasteiger partial charge is 0.573 e. The lowest BCUT2D eigenvalue weighted by Crippen LogP contribution is -2.65. The van der Waals surface area contributed by atoms with Gasteiger partial charge in [-0.3, -0.25) is 4.79 Å². The molecule has 1 aromatic heterocycles. The maximum absolute atomic E-state index is 12.9. The van der Waals surface area contributed by atoms with Crippen molar-refractivity contribution >= 4 is 5.91 Å². The number of hydrogen-bond donors (Lipinski definition) is 0. The van der Waals surface area contributed by atoms with Crippen molar-refractivity contribution in [1.29, 1.82) is 0 Å². The average Bonchev–Trinajstić information content (AvgIpc) is 3.62. The van der Waals surface area contributed by atoms with Crippen LogP contribution in [0.3, 0.4) is 0 Å². The fourth-order valence-corrected chi connectivity index (χ4v) is 4.79. The van der Waals surface area contributed by atoms with Crippen LogP contribution in [0, 0.1) is 0 Å². The van der Waals surface area contributed by atoms with Crippen molar-refractivity contribution in [2.45, 2.75) is 62.8 Å². The van der Waals surface area contributed by atoms with Gasteiger partial charge in [0.2, 0.25) is 0 Å². The number of carbonyl (C=O) groups excluding carboxylic acids is 1. The van der Waals surface area contributed by atoms with Crippen molar-refractivity contribution in [3.8, 4) is 5.75 Å². The van der Waals surface area contributed by atoms with E-state index in [4.69, 9.17) is 4.74 Å². The number of carbonyl (C=O) groups is 1. The zero-order valence-electron chi connectivity index (χ0n) is 18.2. The molecular weight excluding hydrogens is 435 g/mol. The minimum atomic E-state index is -4.72. The van der Waals surface area contributed by atoms with Crippen LogP contribution in [0.5, 0.6) is 5.75 Å². The highest BCUT2D eigenvalue weighted by molar-refractivity contribution is 5.94. The van der Waals surface area contributed by atoms with Crippen LogP contribution in [-0.2, 0) is 17.6 Å². The average molecular weight is 461 g/mol. The molecule has 1 amide bonds. The summed E-state index contributed by atoms with van der Waals surface area (Å²) in [7, 11) is 0. The zero-order chi connectivity index (χ0) is 23.1. The number of ether oxygens (including phenoxy) is 2. The van der Waals surface area contributed by atoms with E-state index in [1.807, 2.05) is 11.0 Å². The first-order valence-electron chi connectivity index (χ1n) is 11.4. The monoisotopic (exact) mass is 461 g/mol. The van der Waals surface area contributed by atoms with Crippen LogP contribution in [-0.4, -0.2) is 52.4 Å². The van der Waals surface area contributed by atoms with Crippen LogP contribution in [0.1, 0.15) is 65.3 Å². The van der Waals surface area contributed by atoms with Crippen molar-refractivity contribution in [2.24, 2.45) is 0 Å². The topological polar surface area (TPSA) is 64.5 Å². The number of rotatable bonds is 6. The van der Waals surface area contributed by atoms with Gasteiger partial charge in [0.25, 0.3) is 5.91 Å². The molecule has 33 heavy (non-hydrogen) atoms. The molecule has 9 heteroatoms. The zero-order valence-corrected chi connectivity index (χ0v) is 18.2. The molecule has 0 radical (unpaired) electrons. The SMILES string of the molecule is O=C(c1cnc(CCc2cc(OC(F)(F)F)cc(C3CC3)c2)nc1)N1CC[C@@]12CCCOC2. The molecule has 3 fully saturated rings. The first-order valence-corrected chi connectivity index (χ1v) is 11.4. The van der Waals surface area contributed by atoms with Gasteiger partial charge >= 0.3 is 6.36 Å². The molecule has 2 aliphatic heterocycles. The van der Waals surface area contributed by atoms with E-state index < -0.39 is 6.36 Å². The molecule has 2 saturated heterocycles. The molecule has 3 heterocycles. The Balaban J connectivity index is 1.23. The molecule has 2 aromatic rings. The second-order valence-electron chi connectivity index (χ2n) is 9.21. The number of likely N-dealkylation sites (tertiary alicyclic amines) is 1. The number of benzene rings is 1. The van der Waals surface area contributed by atoms with E-state index >= 15 is 0 Å². The molecule has 1 aliphatic carbocycles. The highest BCUT2D eigenvalue weighted by Crippen LogP contribution is 2.42. The van der Waals surface area contributed by atoms with Gasteiger partial charge in [-0.2, -0.15) is 0 Å². The highest BCUT2D eigenvalue weighted by atomic mass is 19.4. The lowest BCUT2D eigenvalue weighted by Gasteiger charge is -2.54. The summed E-state index contributed by atoms with van der Waals surface area (Å²) < 4.78 is 47.9. The van der Waals surface area contributed by atoms with Gasteiger partial charge in [-0.25, -0.2) is 9.97 Å². The minimum Gasteiger partial charge on any atom is -0.406 e. The molecular formula is C24H26F3N3O3. The molecule has 1 atom stereocenters. The normalized spacial score (nSPS) is 22.8. The number of alkyl halides is 3. The second-order valence-corrected chi connectivity index (χ2v) is 9.21. The Morgan fingerprint density at radius 2 is 1.94 bits per heavy atom. The third kappa shape index (κ3) is 4.98. The van der Waals surface area contributed by atoms with Gasteiger partial charge in [-0.15, -0.1) is 13.2 Å². The molecule has 1 saturated carbocycles. The van der Waals surface area contributed by atoms with E-state index in [0.717, 1.165) is 49.8 Å². The summed E-state index contributed by atoms with van der Waals surface area (Å²) in [5.74, 6) is 0.589. The van der Waals surface area contributed by atoms with E-state index in [2.05, 4.69) is 14.7 Å². The Morgan fingerprint density at radius 3 is 2.55 bits per heavy atom. The predicted molar refractivity (Wildman–Crippen MR) is 113 cm³/mol. The summed E-state index contributed by atoms with van der Waals surface area (Å²) in [5, 5.41) is 0. The summed E-state index contributed by atoms with van der Waals surface area (Å²) in [6, 6.07) is 4.84. The smallest absolute Gasteiger partial charge is 0.406 e. The van der Waals surface area contributed by atoms with E-state index in [0.29, 0.717) is 43.3 Å². The van der Waals surface area contributed by atoms with Gasteiger partial charge in [0.15, 0.2) is 0 Å². The second kappa shape index (κ2) is 8.59. The predicted octanol–water partition coefficient (Wildman–Crippen LogP) is 4.43. The third-order valence-electron chi connectivity index (χ3n) is 6.78. The Morgan fingerprint density at radius 1 is 1.15 bits per heavy atom. The van der Waals surface area contributed by atoms with E-state index in [1.54, 1.807) is 12.4 Å². The summed E-state index contributed by atoms with van der Waals surface area (Å²) in [6.07, 6.45) is 4.13. The summed E-state index contributed by atoms with van der Waals surface area (Å²) in [5.41, 5.74) is 1.89. The van der Waals surface area contributed by atoms with Gasteiger partial charge in [-0.1, -0.05) is 6.07 Å². The van der Waals surface area contributed by atoms with E-state index in [-0.39, 0.29) is 17.2 Å². The lowest BCUT2D eigenvalue weighted by molar-refractivity contribution is -0.274. The van der Waals surface area contributed by atoms with Crippen molar-refractivity contribution in [1.82, 2.24) is 14.9 Å². The van der Waals surface area contributed by atoms with Crippen LogP contribution < -0.4 is 4.74 Å². The van der Waals surface area contributed by atoms with E-state index in [9.17, 15) is 18.0 Å². The summed E-state index contributed by atoms with van der Waals surface area (Å²) >= 11 is 0. The maximum atomic E-state index is 12.9. The molecule has 0 N–H and O–H groups in total. The summed E-state index contributed by atoms with van der Waals surface area (Å²) in [6.45, 7) is 2.04. The van der Waals surface area contributed by atoms with Crippen molar-refractivity contribution in [2.75, 3.05) is 19.8 Å². The Hall–Kier alpha value is -2.68. The van der Waals surface area contributed by atoms with Gasteiger partial charge in [0.1, 0.15) is 11.6 Å². The van der Waals surface area contributed by atoms with Gasteiger partial charge in [0, 0.05) is 32.0 Å². The molecule has 176 valence electrons. The van der Waals surface area contributed by atoms with Gasteiger partial charge < -0.3 is 14.4 Å². The maximum Gasteiger partial charge on any atom is 0.573 e. The van der Waals surface area contributed by atoms with Crippen molar-refractivity contribution < 1.29 is 27.4 Å². The Bertz CT molecular complexity index is 1020. The van der Waals surface area contributed by atoms with Crippen LogP contribution >= 0.6 is 0 Å². The number of aromatic nitrogens is 2. The number of halogens is 3. The minimum absolute atomic E-state index is 0.0793. The van der Waals surface area contributed by atoms with Crippen LogP contribution in [0.15, 0.2) is 30.6 Å². The quantitative estimate of drug-likeness (QED) is 0.637. The highest BCUT2D eigenvalue weighted by Gasteiger charge is 2.48.